The molecule has 4 amide bonds. The van der Waals surface area contributed by atoms with Gasteiger partial charge in [-0.1, -0.05) is 47.5 Å². The van der Waals surface area contributed by atoms with Crippen molar-refractivity contribution in [3.8, 4) is 11.5 Å². The lowest BCUT2D eigenvalue weighted by Crippen LogP contribution is -2.32. The third-order valence-corrected chi connectivity index (χ3v) is 11.2. The average molecular weight is 1030 g/mol. The summed E-state index contributed by atoms with van der Waals surface area (Å²) in [5, 5.41) is 27.0. The van der Waals surface area contributed by atoms with E-state index in [4.69, 9.17) is 67.5 Å². The number of halogens is 5. The number of ether oxygens (including phenoxy) is 2. The van der Waals surface area contributed by atoms with E-state index in [9.17, 15) is 28.8 Å². The molecule has 0 aromatic heterocycles. The number of carbonyl (C=O) groups excluding carboxylic acids is 6. The fraction of sp³-hybridized carbons (Fsp3) is 0.234. The zero-order valence-corrected chi connectivity index (χ0v) is 40.6. The van der Waals surface area contributed by atoms with Crippen LogP contribution in [0.3, 0.4) is 0 Å². The number of Topliss-reactive ketones (excluding diaryl/α,β-unsaturated/α-hetero) is 2. The Morgan fingerprint density at radius 2 is 1.00 bits per heavy atom. The lowest BCUT2D eigenvalue weighted by atomic mass is 10.1. The SMILES string of the molecule is COc1c(CCCl)cccc1NC(=O)c1ccc(Cl)c(N=NC(C(C)=O)C(=O)Nc2ccc(NC(=O)C(N=Nc3cc(C(=O)Nc4cccc(CCCl)c4OC)ccc3Cl)C(C)=O)c(CCl)c2)c1. The van der Waals surface area contributed by atoms with Crippen molar-refractivity contribution in [2.75, 3.05) is 47.2 Å². The Bertz CT molecular complexity index is 2790. The maximum Gasteiger partial charge on any atom is 0.258 e. The first-order valence-corrected chi connectivity index (χ1v) is 22.8. The lowest BCUT2D eigenvalue weighted by molar-refractivity contribution is -0.127. The number of benzene rings is 5. The van der Waals surface area contributed by atoms with Gasteiger partial charge in [-0.3, -0.25) is 28.8 Å². The van der Waals surface area contributed by atoms with E-state index in [1.165, 1.54) is 68.8 Å². The number of carbonyl (C=O) groups is 6. The summed E-state index contributed by atoms with van der Waals surface area (Å²) in [5.41, 5.74) is 3.42. The molecule has 0 aliphatic carbocycles. The maximum atomic E-state index is 13.5. The highest BCUT2D eigenvalue weighted by molar-refractivity contribution is 6.33. The number of anilines is 4. The van der Waals surface area contributed by atoms with Gasteiger partial charge in [0.2, 0.25) is 12.1 Å². The number of azo groups is 2. The topological polar surface area (TPSA) is 218 Å². The molecule has 5 aromatic rings. The van der Waals surface area contributed by atoms with Gasteiger partial charge in [0.15, 0.2) is 11.6 Å². The Balaban J connectivity index is 1.27. The molecular weight excluding hydrogens is 982 g/mol. The van der Waals surface area contributed by atoms with Crippen LogP contribution in [0.25, 0.3) is 0 Å². The van der Waals surface area contributed by atoms with Crippen LogP contribution in [0.4, 0.5) is 34.1 Å². The third-order valence-electron chi connectivity index (χ3n) is 9.85. The number of nitrogens with zero attached hydrogens (tertiary/aromatic N) is 4. The van der Waals surface area contributed by atoms with E-state index in [-0.39, 0.29) is 49.8 Å². The molecule has 0 spiro atoms. The molecule has 0 radical (unpaired) electrons. The van der Waals surface area contributed by atoms with E-state index < -0.39 is 47.3 Å². The fourth-order valence-corrected chi connectivity index (χ4v) is 7.43. The van der Waals surface area contributed by atoms with E-state index in [1.54, 1.807) is 24.3 Å². The van der Waals surface area contributed by atoms with Crippen LogP contribution in [0.2, 0.25) is 10.0 Å². The molecule has 0 heterocycles. The second kappa shape index (κ2) is 25.1. The second-order valence-electron chi connectivity index (χ2n) is 14.6. The van der Waals surface area contributed by atoms with Crippen LogP contribution in [0, 0.1) is 0 Å². The van der Waals surface area contributed by atoms with Crippen molar-refractivity contribution in [3.63, 3.8) is 0 Å². The minimum absolute atomic E-state index is 0.00719. The van der Waals surface area contributed by atoms with Gasteiger partial charge in [-0.15, -0.1) is 34.8 Å². The molecule has 5 rings (SSSR count). The number of aryl methyl sites for hydroxylation is 2. The van der Waals surface area contributed by atoms with Crippen LogP contribution >= 0.6 is 58.0 Å². The monoisotopic (exact) mass is 1020 g/mol. The number of hydrogen-bond donors (Lipinski definition) is 4. The Kier molecular flexibility index (Phi) is 19.4. The quantitative estimate of drug-likeness (QED) is 0.0314. The van der Waals surface area contributed by atoms with Crippen LogP contribution in [-0.2, 0) is 37.9 Å². The van der Waals surface area contributed by atoms with E-state index in [0.717, 1.165) is 25.0 Å². The summed E-state index contributed by atoms with van der Waals surface area (Å²) in [7, 11) is 2.96. The van der Waals surface area contributed by atoms with Crippen molar-refractivity contribution in [2.45, 2.75) is 44.7 Å². The number of ketones is 2. The van der Waals surface area contributed by atoms with Crippen molar-refractivity contribution in [2.24, 2.45) is 20.5 Å². The molecule has 0 fully saturated rings. The Hall–Kier alpha value is -6.43. The van der Waals surface area contributed by atoms with Crippen molar-refractivity contribution < 1.29 is 38.2 Å². The molecule has 354 valence electrons. The summed E-state index contributed by atoms with van der Waals surface area (Å²) < 4.78 is 11.0. The normalized spacial score (nSPS) is 12.0. The number of hydrogen-bond acceptors (Lipinski definition) is 12. The number of amides is 4. The van der Waals surface area contributed by atoms with Gasteiger partial charge >= 0.3 is 0 Å². The highest BCUT2D eigenvalue weighted by Gasteiger charge is 2.26. The molecule has 21 heteroatoms. The van der Waals surface area contributed by atoms with Gasteiger partial charge in [-0.25, -0.2) is 0 Å². The molecule has 2 unspecified atom stereocenters. The van der Waals surface area contributed by atoms with E-state index in [1.807, 2.05) is 12.1 Å². The van der Waals surface area contributed by atoms with E-state index in [0.29, 0.717) is 53.0 Å². The van der Waals surface area contributed by atoms with Gasteiger partial charge < -0.3 is 30.7 Å². The molecule has 0 aliphatic rings. The minimum Gasteiger partial charge on any atom is -0.494 e. The van der Waals surface area contributed by atoms with Crippen LogP contribution in [0.5, 0.6) is 11.5 Å². The predicted molar refractivity (Wildman–Crippen MR) is 265 cm³/mol. The predicted octanol–water partition coefficient (Wildman–Crippen LogP) is 11.2. The lowest BCUT2D eigenvalue weighted by Gasteiger charge is -2.15. The van der Waals surface area contributed by atoms with Gasteiger partial charge in [0.25, 0.3) is 23.6 Å². The minimum atomic E-state index is -1.65. The molecule has 2 atom stereocenters. The van der Waals surface area contributed by atoms with Gasteiger partial charge in [-0.05, 0) is 110 Å². The van der Waals surface area contributed by atoms with Gasteiger partial charge in [0, 0.05) is 40.1 Å². The summed E-state index contributed by atoms with van der Waals surface area (Å²) in [4.78, 5) is 78.8. The second-order valence-corrected chi connectivity index (χ2v) is 16.4. The number of rotatable bonds is 21. The Morgan fingerprint density at radius 1 is 0.544 bits per heavy atom. The van der Waals surface area contributed by atoms with Crippen molar-refractivity contribution in [1.29, 1.82) is 0 Å². The molecular formula is C47H43Cl5N8O8. The zero-order chi connectivity index (χ0) is 49.5. The molecule has 4 N–H and O–H groups in total. The van der Waals surface area contributed by atoms with Crippen molar-refractivity contribution >= 4 is 127 Å². The largest absolute Gasteiger partial charge is 0.494 e. The first-order chi connectivity index (χ1) is 32.6. The van der Waals surface area contributed by atoms with Crippen LogP contribution < -0.4 is 30.7 Å². The van der Waals surface area contributed by atoms with Gasteiger partial charge in [0.05, 0.1) is 35.6 Å². The van der Waals surface area contributed by atoms with Gasteiger partial charge in [0.1, 0.15) is 22.9 Å². The number of para-hydroxylation sites is 2. The zero-order valence-electron chi connectivity index (χ0n) is 36.8. The summed E-state index contributed by atoms with van der Waals surface area (Å²) in [6.07, 6.45) is 1.04. The van der Waals surface area contributed by atoms with Crippen LogP contribution in [-0.4, -0.2) is 73.3 Å². The molecule has 68 heavy (non-hydrogen) atoms. The standard InChI is InChI=1S/C47H43Cl5N8O8/c1-25(61)40(59-57-38-22-29(11-14-33(38)51)44(63)55-36-9-5-7-27(17-19-48)42(36)67-3)46(65)53-32-13-16-35(31(21-32)24-50)54-47(66)41(26(2)62)60-58-39-23-30(12-15-34(39)52)45(64)56-37-10-6-8-28(18-20-49)43(37)68-4/h5-16,21-23,40-41H,17-20,24H2,1-4H3,(H,53,65)(H,54,66)(H,55,63)(H,56,64). The smallest absolute Gasteiger partial charge is 0.258 e. The average Bonchev–Trinajstić information content (AvgIpc) is 3.30. The molecule has 0 saturated heterocycles. The number of methoxy groups -OCH3 is 2. The molecule has 5 aromatic carbocycles. The first-order valence-electron chi connectivity index (χ1n) is 20.4. The van der Waals surface area contributed by atoms with E-state index in [2.05, 4.69) is 41.7 Å². The summed E-state index contributed by atoms with van der Waals surface area (Å²) >= 11 is 30.8. The number of alkyl halides is 3. The van der Waals surface area contributed by atoms with E-state index >= 15 is 0 Å². The maximum absolute atomic E-state index is 13.5. The molecule has 0 saturated carbocycles. The summed E-state index contributed by atoms with van der Waals surface area (Å²) in [6.45, 7) is 2.30. The Labute approximate surface area is 416 Å². The fourth-order valence-electron chi connectivity index (χ4n) is 6.49. The number of nitrogens with one attached hydrogen (secondary N) is 4. The molecule has 0 aliphatic heterocycles. The van der Waals surface area contributed by atoms with Crippen molar-refractivity contribution in [1.82, 2.24) is 0 Å². The molecule has 0 bridgehead atoms. The summed E-state index contributed by atoms with van der Waals surface area (Å²) in [5.74, 6) is -2.64. The first kappa shape index (κ1) is 52.5. The Morgan fingerprint density at radius 3 is 1.41 bits per heavy atom. The van der Waals surface area contributed by atoms with Crippen molar-refractivity contribution in [3.05, 3.63) is 129 Å². The highest BCUT2D eigenvalue weighted by atomic mass is 35.5. The third kappa shape index (κ3) is 13.6. The molecule has 16 nitrogen and oxygen atoms in total. The van der Waals surface area contributed by atoms with Gasteiger partial charge in [-0.2, -0.15) is 20.5 Å². The summed E-state index contributed by atoms with van der Waals surface area (Å²) in [6, 6.07) is 20.0. The van der Waals surface area contributed by atoms with Crippen LogP contribution in [0.15, 0.2) is 111 Å². The van der Waals surface area contributed by atoms with Crippen LogP contribution in [0.1, 0.15) is 51.3 Å². The highest BCUT2D eigenvalue weighted by Crippen LogP contribution is 2.34.